The van der Waals surface area contributed by atoms with Gasteiger partial charge in [-0.05, 0) is 0 Å². The Labute approximate surface area is 46.6 Å². The molecule has 0 amide bonds. The van der Waals surface area contributed by atoms with Crippen LogP contribution in [0.2, 0.25) is 0 Å². The van der Waals surface area contributed by atoms with Crippen molar-refractivity contribution in [1.82, 2.24) is 6.15 Å². The quantitative estimate of drug-likeness (QED) is 0.378. The van der Waals surface area contributed by atoms with E-state index in [-0.39, 0.29) is 6.15 Å². The van der Waals surface area contributed by atoms with E-state index in [4.69, 9.17) is 10.4 Å². The summed E-state index contributed by atoms with van der Waals surface area (Å²) in [5, 5.41) is 15.5. The van der Waals surface area contributed by atoms with Crippen LogP contribution in [0.1, 0.15) is 0 Å². The Kier molecular flexibility index (Phi) is 6.95. The van der Waals surface area contributed by atoms with Gasteiger partial charge in [0.1, 0.15) is 0 Å². The van der Waals surface area contributed by atoms with Crippen LogP contribution >= 0.6 is 0 Å². The van der Waals surface area contributed by atoms with Crippen LogP contribution in [0.3, 0.4) is 0 Å². The molecule has 44 valence electrons. The molecule has 4 N–H and O–H groups in total. The van der Waals surface area contributed by atoms with Crippen molar-refractivity contribution in [2.75, 3.05) is 0 Å². The topological polar surface area (TPSA) is 96.1 Å². The molecule has 0 spiro atoms. The number of nitrogens with zero attached hydrogens (tertiary/aromatic N) is 1. The Morgan fingerprint density at radius 3 is 2.38 bits per heavy atom. The Balaban J connectivity index is 0. The van der Waals surface area contributed by atoms with E-state index in [1.54, 1.807) is 0 Å². The first kappa shape index (κ1) is 9.83. The van der Waals surface area contributed by atoms with Gasteiger partial charge in [0, 0.05) is 12.2 Å². The molecule has 0 fully saturated rings. The number of carboxylic acids is 1. The van der Waals surface area contributed by atoms with Crippen LogP contribution in [-0.2, 0) is 4.79 Å². The highest BCUT2D eigenvalue weighted by Gasteiger charge is 1.79. The van der Waals surface area contributed by atoms with Crippen LogP contribution in [0.5, 0.6) is 0 Å². The average Bonchev–Trinajstić information content (AvgIpc) is 1.61. The molecule has 0 aliphatic rings. The van der Waals surface area contributed by atoms with Gasteiger partial charge < -0.3 is 11.3 Å². The molecule has 8 heavy (non-hydrogen) atoms. The molecule has 0 aromatic heterocycles. The van der Waals surface area contributed by atoms with E-state index in [2.05, 4.69) is 0 Å². The zero-order chi connectivity index (χ0) is 5.70. The summed E-state index contributed by atoms with van der Waals surface area (Å²) in [5.74, 6) is -1.10. The van der Waals surface area contributed by atoms with Gasteiger partial charge in [0.05, 0.1) is 6.07 Å². The molecule has 0 bridgehead atoms. The zero-order valence-corrected chi connectivity index (χ0v) is 4.16. The smallest absolute Gasteiger partial charge is 0.329 e. The first-order valence-electron chi connectivity index (χ1n) is 1.56. The Bertz CT molecular complexity index is 133. The van der Waals surface area contributed by atoms with Gasteiger partial charge in [0.15, 0.2) is 0 Å². The van der Waals surface area contributed by atoms with E-state index in [9.17, 15) is 4.79 Å². The van der Waals surface area contributed by atoms with E-state index in [1.165, 1.54) is 6.07 Å². The first-order valence-corrected chi connectivity index (χ1v) is 1.56. The summed E-state index contributed by atoms with van der Waals surface area (Å²) < 4.78 is 0. The Morgan fingerprint density at radius 1 is 1.75 bits per heavy atom. The highest BCUT2D eigenvalue weighted by atomic mass is 16.4. The monoisotopic (exact) mass is 114 g/mol. The molecule has 0 saturated carbocycles. The van der Waals surface area contributed by atoms with Gasteiger partial charge in [0.25, 0.3) is 0 Å². The van der Waals surface area contributed by atoms with Gasteiger partial charge in [-0.2, -0.15) is 5.26 Å². The summed E-state index contributed by atoms with van der Waals surface area (Å²) >= 11 is 0. The van der Waals surface area contributed by atoms with Crippen LogP contribution in [-0.4, -0.2) is 11.1 Å². The van der Waals surface area contributed by atoms with Crippen LogP contribution in [0.25, 0.3) is 0 Å². The van der Waals surface area contributed by atoms with Crippen molar-refractivity contribution in [3.63, 3.8) is 0 Å². The lowest BCUT2D eigenvalue weighted by Crippen LogP contribution is -1.83. The molecular weight excluding hydrogens is 108 g/mol. The van der Waals surface area contributed by atoms with Crippen molar-refractivity contribution in [2.24, 2.45) is 0 Å². The number of nitriles is 1. The average molecular weight is 114 g/mol. The van der Waals surface area contributed by atoms with Gasteiger partial charge in [-0.25, -0.2) is 4.79 Å². The van der Waals surface area contributed by atoms with Crippen molar-refractivity contribution in [3.8, 4) is 6.07 Å². The second kappa shape index (κ2) is 5.66. The molecule has 0 aliphatic carbocycles. The fourth-order valence-electron chi connectivity index (χ4n) is 0.109. The molecule has 0 heterocycles. The highest BCUT2D eigenvalue weighted by molar-refractivity contribution is 5.80. The second-order valence-corrected chi connectivity index (χ2v) is 0.801. The van der Waals surface area contributed by atoms with E-state index < -0.39 is 5.97 Å². The predicted molar refractivity (Wildman–Crippen MR) is 27.4 cm³/mol. The number of allylic oxidation sites excluding steroid dienone is 1. The minimum atomic E-state index is -1.10. The van der Waals surface area contributed by atoms with Crippen molar-refractivity contribution >= 4 is 5.97 Å². The maximum Gasteiger partial charge on any atom is 0.329 e. The second-order valence-electron chi connectivity index (χ2n) is 0.801. The molecule has 0 saturated heterocycles. The fraction of sp³-hybridized carbons (Fsp3) is 0. The van der Waals surface area contributed by atoms with Crippen LogP contribution in [0, 0.1) is 11.3 Å². The molecule has 0 aromatic rings. The number of hydrogen-bond acceptors (Lipinski definition) is 3. The summed E-state index contributed by atoms with van der Waals surface area (Å²) in [6.07, 6.45) is 1.68. The van der Waals surface area contributed by atoms with E-state index in [0.717, 1.165) is 12.2 Å². The van der Waals surface area contributed by atoms with Gasteiger partial charge in [-0.1, -0.05) is 0 Å². The van der Waals surface area contributed by atoms with Gasteiger partial charge >= 0.3 is 5.97 Å². The minimum Gasteiger partial charge on any atom is -0.478 e. The lowest BCUT2D eigenvalue weighted by Gasteiger charge is -1.67. The van der Waals surface area contributed by atoms with E-state index in [1.807, 2.05) is 0 Å². The maximum atomic E-state index is 9.52. The molecule has 0 radical (unpaired) electrons. The number of hydrogen-bond donors (Lipinski definition) is 2. The molecular formula is C4H6N2O2. The van der Waals surface area contributed by atoms with Gasteiger partial charge in [0.2, 0.25) is 0 Å². The van der Waals surface area contributed by atoms with Crippen molar-refractivity contribution in [1.29, 1.82) is 5.26 Å². The molecule has 4 nitrogen and oxygen atoms in total. The third-order valence-corrected chi connectivity index (χ3v) is 0.300. The summed E-state index contributed by atoms with van der Waals surface area (Å²) in [5.41, 5.74) is 0. The van der Waals surface area contributed by atoms with Gasteiger partial charge in [-0.15, -0.1) is 0 Å². The maximum absolute atomic E-state index is 9.52. The van der Waals surface area contributed by atoms with Crippen molar-refractivity contribution < 1.29 is 9.90 Å². The fourth-order valence-corrected chi connectivity index (χ4v) is 0.109. The first-order chi connectivity index (χ1) is 3.27. The predicted octanol–water partition coefficient (Wildman–Crippen LogP) is 0.313. The molecule has 4 heteroatoms. The molecule has 0 atom stereocenters. The Hall–Kier alpha value is -1.34. The highest BCUT2D eigenvalue weighted by Crippen LogP contribution is 1.66. The molecule has 0 rings (SSSR count). The van der Waals surface area contributed by atoms with E-state index >= 15 is 0 Å². The molecule has 0 aromatic carbocycles. The van der Waals surface area contributed by atoms with Gasteiger partial charge in [-0.3, -0.25) is 0 Å². The number of aliphatic carboxylic acids is 1. The third kappa shape index (κ3) is 8.82. The standard InChI is InChI=1S/C4H3NO2.H3N/c5-3-1-2-4(6)7;/h1-2H,(H,6,7);1H3. The van der Waals surface area contributed by atoms with Crippen LogP contribution in [0.4, 0.5) is 0 Å². The van der Waals surface area contributed by atoms with E-state index in [0.29, 0.717) is 0 Å². The largest absolute Gasteiger partial charge is 0.478 e. The van der Waals surface area contributed by atoms with Crippen molar-refractivity contribution in [2.45, 2.75) is 0 Å². The summed E-state index contributed by atoms with van der Waals surface area (Å²) in [6.45, 7) is 0. The summed E-state index contributed by atoms with van der Waals surface area (Å²) in [4.78, 5) is 9.52. The lowest BCUT2D eigenvalue weighted by atomic mass is 10.5. The summed E-state index contributed by atoms with van der Waals surface area (Å²) in [6, 6.07) is 1.54. The van der Waals surface area contributed by atoms with Crippen molar-refractivity contribution in [3.05, 3.63) is 12.2 Å². The minimum absolute atomic E-state index is 0. The van der Waals surface area contributed by atoms with Crippen LogP contribution < -0.4 is 6.15 Å². The lowest BCUT2D eigenvalue weighted by molar-refractivity contribution is -0.131. The summed E-state index contributed by atoms with van der Waals surface area (Å²) in [7, 11) is 0. The number of carboxylic acid groups (broad SMARTS) is 1. The molecule has 0 unspecified atom stereocenters. The number of carbonyl (C=O) groups is 1. The Morgan fingerprint density at radius 2 is 2.25 bits per heavy atom. The molecule has 0 aliphatic heterocycles. The van der Waals surface area contributed by atoms with Crippen LogP contribution in [0.15, 0.2) is 12.2 Å². The third-order valence-electron chi connectivity index (χ3n) is 0.300. The normalized spacial score (nSPS) is 7.38. The zero-order valence-electron chi connectivity index (χ0n) is 4.16. The SMILES string of the molecule is N.N#CC=CC(=O)O. The number of rotatable bonds is 1.